The lowest BCUT2D eigenvalue weighted by Crippen LogP contribution is -2.02. The predicted molar refractivity (Wildman–Crippen MR) is 76.6 cm³/mol. The van der Waals surface area contributed by atoms with Crippen LogP contribution in [0, 0.1) is 5.82 Å². The van der Waals surface area contributed by atoms with Gasteiger partial charge in [-0.3, -0.25) is 9.78 Å². The number of nitrogens with zero attached hydrogens (tertiary/aromatic N) is 1. The molecule has 0 spiro atoms. The highest BCUT2D eigenvalue weighted by Gasteiger charge is 2.14. The normalized spacial score (nSPS) is 10.7. The van der Waals surface area contributed by atoms with E-state index in [1.54, 1.807) is 24.5 Å². The zero-order valence-corrected chi connectivity index (χ0v) is 11.1. The number of hydrogen-bond acceptors (Lipinski definition) is 2. The number of halogens is 2. The third kappa shape index (κ3) is 2.17. The van der Waals surface area contributed by atoms with E-state index in [1.165, 1.54) is 18.2 Å². The Labute approximate surface area is 119 Å². The summed E-state index contributed by atoms with van der Waals surface area (Å²) in [4.78, 5) is 16.6. The Kier molecular flexibility index (Phi) is 3.20. The average molecular weight is 286 g/mol. The van der Waals surface area contributed by atoms with E-state index in [0.717, 1.165) is 10.8 Å². The Morgan fingerprint density at radius 2 is 2.00 bits per heavy atom. The van der Waals surface area contributed by atoms with Gasteiger partial charge in [-0.2, -0.15) is 0 Å². The van der Waals surface area contributed by atoms with Crippen LogP contribution in [0.5, 0.6) is 0 Å². The minimum atomic E-state index is -0.539. The Bertz CT molecular complexity index is 811. The summed E-state index contributed by atoms with van der Waals surface area (Å²) in [6, 6.07) is 11.2. The van der Waals surface area contributed by atoms with E-state index in [-0.39, 0.29) is 10.8 Å². The summed E-state index contributed by atoms with van der Waals surface area (Å²) >= 11 is 5.72. The van der Waals surface area contributed by atoms with Gasteiger partial charge in [0.1, 0.15) is 5.82 Å². The number of ketones is 1. The predicted octanol–water partition coefficient (Wildman–Crippen LogP) is 4.26. The molecule has 2 aromatic carbocycles. The molecular weight excluding hydrogens is 277 g/mol. The van der Waals surface area contributed by atoms with Gasteiger partial charge < -0.3 is 0 Å². The third-order valence-corrected chi connectivity index (χ3v) is 3.40. The van der Waals surface area contributed by atoms with Crippen molar-refractivity contribution in [3.63, 3.8) is 0 Å². The van der Waals surface area contributed by atoms with Gasteiger partial charge in [-0.25, -0.2) is 4.39 Å². The highest BCUT2D eigenvalue weighted by Crippen LogP contribution is 2.23. The van der Waals surface area contributed by atoms with Crippen molar-refractivity contribution < 1.29 is 9.18 Å². The van der Waals surface area contributed by atoms with Crippen molar-refractivity contribution in [2.45, 2.75) is 0 Å². The standard InChI is InChI=1S/C16H9ClFNO/c17-14-8-11(4-5-15(14)18)16(20)12-3-1-2-10-6-7-19-9-13(10)12/h1-9H. The summed E-state index contributed by atoms with van der Waals surface area (Å²) in [6.07, 6.45) is 3.32. The van der Waals surface area contributed by atoms with Crippen molar-refractivity contribution in [1.29, 1.82) is 0 Å². The molecule has 98 valence electrons. The maximum Gasteiger partial charge on any atom is 0.193 e. The number of aromatic nitrogens is 1. The molecule has 0 radical (unpaired) electrons. The first-order valence-corrected chi connectivity index (χ1v) is 6.37. The molecule has 3 rings (SSSR count). The van der Waals surface area contributed by atoms with E-state index in [9.17, 15) is 9.18 Å². The van der Waals surface area contributed by atoms with Crippen LogP contribution < -0.4 is 0 Å². The maximum atomic E-state index is 13.2. The van der Waals surface area contributed by atoms with Crippen LogP contribution in [0.3, 0.4) is 0 Å². The fourth-order valence-corrected chi connectivity index (χ4v) is 2.28. The molecule has 0 amide bonds. The number of carbonyl (C=O) groups excluding carboxylic acids is 1. The molecule has 20 heavy (non-hydrogen) atoms. The lowest BCUT2D eigenvalue weighted by atomic mass is 9.98. The number of carbonyl (C=O) groups is 1. The molecule has 0 unspecified atom stereocenters. The van der Waals surface area contributed by atoms with Gasteiger partial charge in [-0.15, -0.1) is 0 Å². The number of fused-ring (bicyclic) bond motifs is 1. The number of rotatable bonds is 2. The summed E-state index contributed by atoms with van der Waals surface area (Å²) in [5.41, 5.74) is 0.881. The summed E-state index contributed by atoms with van der Waals surface area (Å²) < 4.78 is 13.2. The maximum absolute atomic E-state index is 13.2. The lowest BCUT2D eigenvalue weighted by molar-refractivity contribution is 0.104. The molecule has 1 heterocycles. The fourth-order valence-electron chi connectivity index (χ4n) is 2.10. The molecule has 0 atom stereocenters. The zero-order chi connectivity index (χ0) is 14.1. The Morgan fingerprint density at radius 3 is 2.80 bits per heavy atom. The van der Waals surface area contributed by atoms with Crippen LogP contribution in [0.2, 0.25) is 5.02 Å². The number of pyridine rings is 1. The molecule has 4 heteroatoms. The largest absolute Gasteiger partial charge is 0.289 e. The first-order valence-electron chi connectivity index (χ1n) is 5.99. The minimum Gasteiger partial charge on any atom is -0.289 e. The van der Waals surface area contributed by atoms with Gasteiger partial charge in [0.2, 0.25) is 0 Å². The van der Waals surface area contributed by atoms with Crippen LogP contribution in [0.4, 0.5) is 4.39 Å². The molecule has 0 fully saturated rings. The molecule has 3 aromatic rings. The van der Waals surface area contributed by atoms with Crippen molar-refractivity contribution >= 4 is 28.2 Å². The van der Waals surface area contributed by atoms with Crippen molar-refractivity contribution in [1.82, 2.24) is 4.98 Å². The molecule has 0 aliphatic heterocycles. The molecule has 0 bridgehead atoms. The molecular formula is C16H9ClFNO. The van der Waals surface area contributed by atoms with Gasteiger partial charge in [0.15, 0.2) is 5.78 Å². The molecule has 0 N–H and O–H groups in total. The second kappa shape index (κ2) is 5.02. The van der Waals surface area contributed by atoms with E-state index < -0.39 is 5.82 Å². The zero-order valence-electron chi connectivity index (χ0n) is 10.3. The summed E-state index contributed by atoms with van der Waals surface area (Å²) in [6.45, 7) is 0. The summed E-state index contributed by atoms with van der Waals surface area (Å²) in [5, 5.41) is 1.63. The van der Waals surface area contributed by atoms with E-state index in [1.807, 2.05) is 12.1 Å². The van der Waals surface area contributed by atoms with Gasteiger partial charge in [-0.05, 0) is 29.7 Å². The average Bonchev–Trinajstić information content (AvgIpc) is 2.49. The minimum absolute atomic E-state index is 0.0609. The molecule has 0 saturated heterocycles. The van der Waals surface area contributed by atoms with Crippen LogP contribution in [0.1, 0.15) is 15.9 Å². The second-order valence-corrected chi connectivity index (χ2v) is 4.77. The van der Waals surface area contributed by atoms with Gasteiger partial charge in [0, 0.05) is 28.9 Å². The quantitative estimate of drug-likeness (QED) is 0.659. The van der Waals surface area contributed by atoms with Crippen LogP contribution >= 0.6 is 11.6 Å². The topological polar surface area (TPSA) is 30.0 Å². The monoisotopic (exact) mass is 285 g/mol. The van der Waals surface area contributed by atoms with Crippen molar-refractivity contribution in [2.75, 3.05) is 0 Å². The van der Waals surface area contributed by atoms with E-state index in [2.05, 4.69) is 4.98 Å². The van der Waals surface area contributed by atoms with Crippen LogP contribution in [0.25, 0.3) is 10.8 Å². The first-order chi connectivity index (χ1) is 9.66. The van der Waals surface area contributed by atoms with Gasteiger partial charge in [0.05, 0.1) is 5.02 Å². The van der Waals surface area contributed by atoms with Gasteiger partial charge in [-0.1, -0.05) is 29.8 Å². The lowest BCUT2D eigenvalue weighted by Gasteiger charge is -2.06. The van der Waals surface area contributed by atoms with E-state index >= 15 is 0 Å². The highest BCUT2D eigenvalue weighted by atomic mass is 35.5. The molecule has 0 aliphatic rings. The highest BCUT2D eigenvalue weighted by molar-refractivity contribution is 6.31. The summed E-state index contributed by atoms with van der Waals surface area (Å²) in [7, 11) is 0. The van der Waals surface area contributed by atoms with Crippen molar-refractivity contribution in [2.24, 2.45) is 0 Å². The Balaban J connectivity index is 2.15. The summed E-state index contributed by atoms with van der Waals surface area (Å²) in [5.74, 6) is -0.742. The Hall–Kier alpha value is -2.26. The van der Waals surface area contributed by atoms with Crippen molar-refractivity contribution in [3.05, 3.63) is 76.8 Å². The molecule has 0 aliphatic carbocycles. The first kappa shape index (κ1) is 12.8. The second-order valence-electron chi connectivity index (χ2n) is 4.36. The SMILES string of the molecule is O=C(c1ccc(F)c(Cl)c1)c1cccc2ccncc12. The molecule has 0 saturated carbocycles. The number of hydrogen-bond donors (Lipinski definition) is 0. The fraction of sp³-hybridized carbons (Fsp3) is 0. The van der Waals surface area contributed by atoms with Gasteiger partial charge in [0.25, 0.3) is 0 Å². The van der Waals surface area contributed by atoms with Crippen molar-refractivity contribution in [3.8, 4) is 0 Å². The Morgan fingerprint density at radius 1 is 1.15 bits per heavy atom. The van der Waals surface area contributed by atoms with Crippen LogP contribution in [-0.2, 0) is 0 Å². The van der Waals surface area contributed by atoms with Crippen LogP contribution in [-0.4, -0.2) is 10.8 Å². The number of benzene rings is 2. The van der Waals surface area contributed by atoms with E-state index in [4.69, 9.17) is 11.6 Å². The smallest absolute Gasteiger partial charge is 0.193 e. The van der Waals surface area contributed by atoms with E-state index in [0.29, 0.717) is 11.1 Å². The van der Waals surface area contributed by atoms with Gasteiger partial charge >= 0.3 is 0 Å². The van der Waals surface area contributed by atoms with Crippen LogP contribution in [0.15, 0.2) is 54.9 Å². The molecule has 1 aromatic heterocycles. The molecule has 2 nitrogen and oxygen atoms in total. The third-order valence-electron chi connectivity index (χ3n) is 3.11.